The van der Waals surface area contributed by atoms with E-state index in [1.807, 2.05) is 5.38 Å². The predicted octanol–water partition coefficient (Wildman–Crippen LogP) is 4.42. The Morgan fingerprint density at radius 2 is 1.55 bits per heavy atom. The van der Waals surface area contributed by atoms with Crippen LogP contribution < -0.4 is 0 Å². The molecule has 5 heteroatoms. The lowest BCUT2D eigenvalue weighted by atomic mass is 9.99. The van der Waals surface area contributed by atoms with Gasteiger partial charge in [-0.05, 0) is 40.8 Å². The lowest BCUT2D eigenvalue weighted by Crippen LogP contribution is -1.96. The molecular formula is C17H12FO2S2. The topological polar surface area (TPSA) is 34.1 Å². The number of halogens is 1. The van der Waals surface area contributed by atoms with Crippen molar-refractivity contribution in [3.8, 4) is 22.3 Å². The maximum Gasteiger partial charge on any atom is 0.175 e. The Kier molecular flexibility index (Phi) is 3.85. The van der Waals surface area contributed by atoms with E-state index in [-0.39, 0.29) is 10.7 Å². The maximum atomic E-state index is 13.0. The predicted molar refractivity (Wildman–Crippen MR) is 87.1 cm³/mol. The molecule has 0 spiro atoms. The first kappa shape index (κ1) is 14.9. The zero-order valence-corrected chi connectivity index (χ0v) is 13.3. The minimum atomic E-state index is -3.20. The number of benzene rings is 2. The van der Waals surface area contributed by atoms with E-state index >= 15 is 0 Å². The van der Waals surface area contributed by atoms with E-state index in [9.17, 15) is 12.8 Å². The molecule has 0 unspecified atom stereocenters. The molecule has 0 bridgehead atoms. The third kappa shape index (κ3) is 2.96. The van der Waals surface area contributed by atoms with Gasteiger partial charge in [-0.3, -0.25) is 0 Å². The van der Waals surface area contributed by atoms with Crippen molar-refractivity contribution in [1.82, 2.24) is 0 Å². The quantitative estimate of drug-likeness (QED) is 0.712. The van der Waals surface area contributed by atoms with Crippen LogP contribution in [0.25, 0.3) is 22.3 Å². The van der Waals surface area contributed by atoms with Gasteiger partial charge in [0.2, 0.25) is 0 Å². The number of hydrogen-bond donors (Lipinski definition) is 0. The van der Waals surface area contributed by atoms with Crippen LogP contribution in [0.15, 0.2) is 58.8 Å². The molecule has 0 saturated heterocycles. The second kappa shape index (κ2) is 5.66. The second-order valence-corrected chi connectivity index (χ2v) is 7.62. The lowest BCUT2D eigenvalue weighted by molar-refractivity contribution is 0.602. The number of hydrogen-bond acceptors (Lipinski definition) is 3. The number of thiophene rings is 1. The lowest BCUT2D eigenvalue weighted by Gasteiger charge is -2.06. The van der Waals surface area contributed by atoms with Crippen LogP contribution in [0.2, 0.25) is 0 Å². The molecule has 0 aliphatic carbocycles. The van der Waals surface area contributed by atoms with Gasteiger partial charge in [-0.15, -0.1) is 11.3 Å². The van der Waals surface area contributed by atoms with Crippen LogP contribution in [-0.2, 0) is 9.84 Å². The van der Waals surface area contributed by atoms with E-state index in [2.05, 4.69) is 5.38 Å². The highest BCUT2D eigenvalue weighted by molar-refractivity contribution is 7.90. The molecule has 0 saturated carbocycles. The maximum absolute atomic E-state index is 13.0. The van der Waals surface area contributed by atoms with Gasteiger partial charge < -0.3 is 0 Å². The van der Waals surface area contributed by atoms with Crippen LogP contribution in [0.1, 0.15) is 0 Å². The fourth-order valence-electron chi connectivity index (χ4n) is 2.19. The van der Waals surface area contributed by atoms with Crippen LogP contribution >= 0.6 is 11.3 Å². The normalized spacial score (nSPS) is 11.5. The summed E-state index contributed by atoms with van der Waals surface area (Å²) in [6, 6.07) is 13.0. The van der Waals surface area contributed by atoms with Gasteiger partial charge in [-0.1, -0.05) is 24.3 Å². The summed E-state index contributed by atoms with van der Waals surface area (Å²) < 4.78 is 36.1. The molecule has 0 fully saturated rings. The van der Waals surface area contributed by atoms with Gasteiger partial charge in [-0.25, -0.2) is 12.8 Å². The van der Waals surface area contributed by atoms with Crippen LogP contribution in [0.4, 0.5) is 4.39 Å². The van der Waals surface area contributed by atoms with Gasteiger partial charge >= 0.3 is 0 Å². The number of sulfone groups is 1. The van der Waals surface area contributed by atoms with Gasteiger partial charge in [0.15, 0.2) is 9.84 Å². The van der Waals surface area contributed by atoms with Gasteiger partial charge in [0.05, 0.1) is 10.3 Å². The van der Waals surface area contributed by atoms with E-state index < -0.39 is 9.84 Å². The highest BCUT2D eigenvalue weighted by atomic mass is 32.2. The second-order valence-electron chi connectivity index (χ2n) is 4.93. The fraction of sp³-hybridized carbons (Fsp3) is 0.0588. The van der Waals surface area contributed by atoms with E-state index in [1.54, 1.807) is 36.4 Å². The highest BCUT2D eigenvalue weighted by Gasteiger charge is 2.11. The zero-order chi connectivity index (χ0) is 15.7. The molecule has 3 rings (SSSR count). The molecule has 1 aromatic heterocycles. The Labute approximate surface area is 132 Å². The van der Waals surface area contributed by atoms with Crippen LogP contribution in [0.3, 0.4) is 0 Å². The monoisotopic (exact) mass is 331 g/mol. The molecule has 0 aliphatic heterocycles. The Morgan fingerprint density at radius 1 is 0.955 bits per heavy atom. The molecular weight excluding hydrogens is 319 g/mol. The van der Waals surface area contributed by atoms with Crippen molar-refractivity contribution in [1.29, 1.82) is 0 Å². The molecule has 0 aliphatic rings. The molecule has 0 amide bonds. The van der Waals surface area contributed by atoms with Crippen molar-refractivity contribution in [2.45, 2.75) is 4.90 Å². The summed E-state index contributed by atoms with van der Waals surface area (Å²) in [4.78, 5) is 0.287. The molecule has 0 atom stereocenters. The molecule has 1 heterocycles. The van der Waals surface area contributed by atoms with Gasteiger partial charge in [0.1, 0.15) is 5.82 Å². The number of rotatable bonds is 3. The first-order chi connectivity index (χ1) is 10.4. The van der Waals surface area contributed by atoms with Crippen molar-refractivity contribution in [3.63, 3.8) is 0 Å². The fourth-order valence-corrected chi connectivity index (χ4v) is 3.59. The minimum absolute atomic E-state index is 0.276. The third-order valence-electron chi connectivity index (χ3n) is 3.33. The Bertz CT molecular complexity index is 893. The molecule has 2 nitrogen and oxygen atoms in total. The summed E-state index contributed by atoms with van der Waals surface area (Å²) in [5.74, 6) is -0.276. The Hall–Kier alpha value is -1.98. The molecule has 111 valence electrons. The summed E-state index contributed by atoms with van der Waals surface area (Å²) >= 11 is 1.43. The summed E-state index contributed by atoms with van der Waals surface area (Å²) in [7, 11) is -3.20. The van der Waals surface area contributed by atoms with Crippen molar-refractivity contribution in [2.75, 3.05) is 6.26 Å². The van der Waals surface area contributed by atoms with Gasteiger partial charge in [0, 0.05) is 17.4 Å². The van der Waals surface area contributed by atoms with Gasteiger partial charge in [0.25, 0.3) is 0 Å². The summed E-state index contributed by atoms with van der Waals surface area (Å²) in [5.41, 5.74) is 3.63. The minimum Gasteiger partial charge on any atom is -0.224 e. The van der Waals surface area contributed by atoms with E-state index in [0.717, 1.165) is 22.3 Å². The standard InChI is InChI=1S/C17H12FO2S2/c1-22(19,20)15-8-4-13(5-9-15)17-11-21-10-16(17)12-2-6-14(18)7-3-12/h2-10H,1H3. The van der Waals surface area contributed by atoms with Crippen molar-refractivity contribution >= 4 is 21.2 Å². The third-order valence-corrected chi connectivity index (χ3v) is 5.14. The first-order valence-electron chi connectivity index (χ1n) is 6.51. The van der Waals surface area contributed by atoms with E-state index in [4.69, 9.17) is 0 Å². The smallest absolute Gasteiger partial charge is 0.175 e. The van der Waals surface area contributed by atoms with Crippen LogP contribution in [-0.4, -0.2) is 14.7 Å². The van der Waals surface area contributed by atoms with E-state index in [1.165, 1.54) is 29.7 Å². The Balaban J connectivity index is 2.03. The first-order valence-corrected chi connectivity index (χ1v) is 9.28. The summed E-state index contributed by atoms with van der Waals surface area (Å²) in [6.07, 6.45) is 1.18. The van der Waals surface area contributed by atoms with Crippen molar-refractivity contribution in [3.05, 3.63) is 65.1 Å². The molecule has 3 aromatic rings. The zero-order valence-electron chi connectivity index (χ0n) is 11.7. The molecule has 22 heavy (non-hydrogen) atoms. The summed E-state index contributed by atoms with van der Waals surface area (Å²) in [5, 5.41) is 5.14. The van der Waals surface area contributed by atoms with Crippen molar-refractivity contribution < 1.29 is 12.8 Å². The molecule has 1 radical (unpaired) electrons. The average Bonchev–Trinajstić information content (AvgIpc) is 2.97. The average molecular weight is 331 g/mol. The summed E-state index contributed by atoms with van der Waals surface area (Å²) in [6.45, 7) is 0. The largest absolute Gasteiger partial charge is 0.224 e. The SMILES string of the molecule is CS(=O)(=O)c1ccc(-c2[c]scc2-c2ccc(F)cc2)cc1. The van der Waals surface area contributed by atoms with Gasteiger partial charge in [-0.2, -0.15) is 0 Å². The Morgan fingerprint density at radius 3 is 2.14 bits per heavy atom. The molecule has 0 N–H and O–H groups in total. The van der Waals surface area contributed by atoms with Crippen LogP contribution in [0, 0.1) is 11.2 Å². The van der Waals surface area contributed by atoms with E-state index in [0.29, 0.717) is 0 Å². The van der Waals surface area contributed by atoms with Crippen LogP contribution in [0.5, 0.6) is 0 Å². The molecule has 2 aromatic carbocycles. The van der Waals surface area contributed by atoms with Crippen molar-refractivity contribution in [2.24, 2.45) is 0 Å². The highest BCUT2D eigenvalue weighted by Crippen LogP contribution is 2.35.